The molecule has 0 saturated heterocycles. The van der Waals surface area contributed by atoms with Crippen molar-refractivity contribution in [1.29, 1.82) is 0 Å². The minimum absolute atomic E-state index is 0.0266. The number of hydrogen-bond donors (Lipinski definition) is 1. The number of hydrogen-bond acceptors (Lipinski definition) is 1. The lowest BCUT2D eigenvalue weighted by Crippen LogP contribution is -2.04. The number of benzene rings is 2. The largest absolute Gasteiger partial charge is 0.416 e. The van der Waals surface area contributed by atoms with E-state index in [2.05, 4.69) is 9.97 Å². The van der Waals surface area contributed by atoms with Gasteiger partial charge < -0.3 is 4.98 Å². The molecule has 0 radical (unpaired) electrons. The van der Waals surface area contributed by atoms with E-state index in [0.29, 0.717) is 0 Å². The van der Waals surface area contributed by atoms with Gasteiger partial charge in [-0.1, -0.05) is 0 Å². The fourth-order valence-electron chi connectivity index (χ4n) is 1.99. The van der Waals surface area contributed by atoms with Gasteiger partial charge in [0.2, 0.25) is 0 Å². The first kappa shape index (κ1) is 13.5. The number of H-pyrrole nitrogens is 1. The van der Waals surface area contributed by atoms with Gasteiger partial charge in [0.05, 0.1) is 22.2 Å². The zero-order valence-corrected chi connectivity index (χ0v) is 10.3. The first-order valence-corrected chi connectivity index (χ1v) is 5.87. The van der Waals surface area contributed by atoms with Crippen molar-refractivity contribution in [3.8, 4) is 11.4 Å². The summed E-state index contributed by atoms with van der Waals surface area (Å²) in [5.74, 6) is -1.41. The summed E-state index contributed by atoms with van der Waals surface area (Å²) >= 11 is 0. The van der Waals surface area contributed by atoms with Crippen LogP contribution in [0.25, 0.3) is 22.4 Å². The van der Waals surface area contributed by atoms with Crippen LogP contribution in [0.1, 0.15) is 5.56 Å². The van der Waals surface area contributed by atoms with Crippen LogP contribution in [-0.4, -0.2) is 9.97 Å². The number of aromatic nitrogens is 2. The molecule has 0 bridgehead atoms. The topological polar surface area (TPSA) is 28.7 Å². The molecule has 0 saturated carbocycles. The fourth-order valence-corrected chi connectivity index (χ4v) is 1.99. The van der Waals surface area contributed by atoms with Crippen molar-refractivity contribution in [1.82, 2.24) is 9.97 Å². The Morgan fingerprint density at radius 3 is 2.43 bits per heavy atom. The summed E-state index contributed by atoms with van der Waals surface area (Å²) in [5, 5.41) is 0. The highest BCUT2D eigenvalue weighted by molar-refractivity contribution is 5.80. The number of imidazole rings is 1. The normalized spacial score (nSPS) is 12.0. The molecule has 0 spiro atoms. The molecule has 7 heteroatoms. The van der Waals surface area contributed by atoms with Crippen LogP contribution in [0.15, 0.2) is 36.4 Å². The van der Waals surface area contributed by atoms with Crippen molar-refractivity contribution >= 4 is 11.0 Å². The van der Waals surface area contributed by atoms with Gasteiger partial charge in [0, 0.05) is 0 Å². The maximum atomic E-state index is 13.6. The summed E-state index contributed by atoms with van der Waals surface area (Å²) in [6.45, 7) is 0. The first-order chi connectivity index (χ1) is 9.84. The van der Waals surface area contributed by atoms with Crippen molar-refractivity contribution in [2.24, 2.45) is 0 Å². The van der Waals surface area contributed by atoms with E-state index in [0.717, 1.165) is 30.3 Å². The average molecular weight is 298 g/mol. The molecule has 0 aliphatic carbocycles. The van der Waals surface area contributed by atoms with Crippen LogP contribution in [-0.2, 0) is 6.18 Å². The fraction of sp³-hybridized carbons (Fsp3) is 0.0714. The quantitative estimate of drug-likeness (QED) is 0.657. The van der Waals surface area contributed by atoms with Crippen molar-refractivity contribution in [2.75, 3.05) is 0 Å². The summed E-state index contributed by atoms with van der Waals surface area (Å²) < 4.78 is 64.7. The molecule has 0 atom stereocenters. The molecule has 0 aliphatic heterocycles. The third-order valence-electron chi connectivity index (χ3n) is 2.99. The first-order valence-electron chi connectivity index (χ1n) is 5.87. The zero-order chi connectivity index (χ0) is 15.2. The van der Waals surface area contributed by atoms with Gasteiger partial charge in [-0.05, 0) is 36.4 Å². The summed E-state index contributed by atoms with van der Waals surface area (Å²) in [6.07, 6.45) is -4.48. The van der Waals surface area contributed by atoms with E-state index in [9.17, 15) is 22.0 Å². The number of alkyl halides is 3. The number of halogens is 5. The molecule has 1 aromatic heterocycles. The van der Waals surface area contributed by atoms with Crippen molar-refractivity contribution in [3.05, 3.63) is 53.6 Å². The molecule has 3 rings (SSSR count). The molecule has 21 heavy (non-hydrogen) atoms. The SMILES string of the molecule is Fc1ccc(F)c(-c2nc3ccc(C(F)(F)F)cc3[nH]2)c1. The number of nitrogens with zero attached hydrogens (tertiary/aromatic N) is 1. The predicted molar refractivity (Wildman–Crippen MR) is 66.4 cm³/mol. The molecule has 2 nitrogen and oxygen atoms in total. The van der Waals surface area contributed by atoms with Crippen LogP contribution in [0.2, 0.25) is 0 Å². The Morgan fingerprint density at radius 1 is 0.952 bits per heavy atom. The molecule has 2 aromatic carbocycles. The van der Waals surface area contributed by atoms with Gasteiger partial charge in [-0.25, -0.2) is 13.8 Å². The van der Waals surface area contributed by atoms with Crippen LogP contribution in [0.3, 0.4) is 0 Å². The predicted octanol–water partition coefficient (Wildman–Crippen LogP) is 4.53. The average Bonchev–Trinajstić information content (AvgIpc) is 2.83. The minimum Gasteiger partial charge on any atom is -0.338 e. The molecule has 0 fully saturated rings. The second-order valence-corrected chi connectivity index (χ2v) is 4.44. The molecule has 108 valence electrons. The Morgan fingerprint density at radius 2 is 1.71 bits per heavy atom. The van der Waals surface area contributed by atoms with Gasteiger partial charge in [0.15, 0.2) is 0 Å². The van der Waals surface area contributed by atoms with Crippen LogP contribution >= 0.6 is 0 Å². The standard InChI is InChI=1S/C14H7F5N2/c15-8-2-3-10(16)9(6-8)13-20-11-4-1-7(14(17,18)19)5-12(11)21-13/h1-6H,(H,20,21). The highest BCUT2D eigenvalue weighted by atomic mass is 19.4. The van der Waals surface area contributed by atoms with Crippen molar-refractivity contribution in [3.63, 3.8) is 0 Å². The summed E-state index contributed by atoms with van der Waals surface area (Å²) in [6, 6.07) is 5.74. The molecule has 1 heterocycles. The number of nitrogens with one attached hydrogen (secondary N) is 1. The van der Waals surface area contributed by atoms with Gasteiger partial charge >= 0.3 is 6.18 Å². The highest BCUT2D eigenvalue weighted by Crippen LogP contribution is 2.32. The molecular formula is C14H7F5N2. The second-order valence-electron chi connectivity index (χ2n) is 4.44. The van der Waals surface area contributed by atoms with Crippen LogP contribution in [0, 0.1) is 11.6 Å². The summed E-state index contributed by atoms with van der Waals surface area (Å²) in [4.78, 5) is 6.55. The highest BCUT2D eigenvalue weighted by Gasteiger charge is 2.30. The van der Waals surface area contributed by atoms with Crippen LogP contribution in [0.5, 0.6) is 0 Å². The van der Waals surface area contributed by atoms with Gasteiger partial charge in [-0.2, -0.15) is 13.2 Å². The van der Waals surface area contributed by atoms with Crippen LogP contribution in [0.4, 0.5) is 22.0 Å². The Kier molecular flexibility index (Phi) is 2.93. The third kappa shape index (κ3) is 2.46. The molecule has 3 aromatic rings. The third-order valence-corrected chi connectivity index (χ3v) is 2.99. The summed E-state index contributed by atoms with van der Waals surface area (Å²) in [5.41, 5.74) is -0.644. The van der Waals surface area contributed by atoms with Gasteiger partial charge in [-0.15, -0.1) is 0 Å². The molecule has 0 unspecified atom stereocenters. The maximum Gasteiger partial charge on any atom is 0.416 e. The Labute approximate surface area is 115 Å². The van der Waals surface area contributed by atoms with E-state index < -0.39 is 23.4 Å². The van der Waals surface area contributed by atoms with Gasteiger partial charge in [0.1, 0.15) is 17.5 Å². The van der Waals surface area contributed by atoms with E-state index >= 15 is 0 Å². The van der Waals surface area contributed by atoms with Crippen molar-refractivity contribution in [2.45, 2.75) is 6.18 Å². The van der Waals surface area contributed by atoms with E-state index in [1.165, 1.54) is 6.07 Å². The Hall–Kier alpha value is -2.44. The van der Waals surface area contributed by atoms with Crippen molar-refractivity contribution < 1.29 is 22.0 Å². The summed E-state index contributed by atoms with van der Waals surface area (Å²) in [7, 11) is 0. The Bertz CT molecular complexity index is 820. The maximum absolute atomic E-state index is 13.6. The smallest absolute Gasteiger partial charge is 0.338 e. The van der Waals surface area contributed by atoms with E-state index in [-0.39, 0.29) is 22.4 Å². The van der Waals surface area contributed by atoms with Gasteiger partial charge in [0.25, 0.3) is 0 Å². The number of aromatic amines is 1. The lowest BCUT2D eigenvalue weighted by atomic mass is 10.2. The number of fused-ring (bicyclic) bond motifs is 1. The van der Waals surface area contributed by atoms with Gasteiger partial charge in [-0.3, -0.25) is 0 Å². The molecule has 1 N–H and O–H groups in total. The minimum atomic E-state index is -4.48. The second kappa shape index (κ2) is 4.54. The Balaban J connectivity index is 2.15. The lowest BCUT2D eigenvalue weighted by molar-refractivity contribution is -0.137. The molecular weight excluding hydrogens is 291 g/mol. The number of rotatable bonds is 1. The van der Waals surface area contributed by atoms with E-state index in [4.69, 9.17) is 0 Å². The zero-order valence-electron chi connectivity index (χ0n) is 10.3. The van der Waals surface area contributed by atoms with E-state index in [1.54, 1.807) is 0 Å². The molecule has 0 aliphatic rings. The van der Waals surface area contributed by atoms with E-state index in [1.807, 2.05) is 0 Å². The lowest BCUT2D eigenvalue weighted by Gasteiger charge is -2.05. The monoisotopic (exact) mass is 298 g/mol. The molecule has 0 amide bonds. The van der Waals surface area contributed by atoms with Crippen LogP contribution < -0.4 is 0 Å².